The molecule has 19 heavy (non-hydrogen) atoms. The number of nitrogens with one attached hydrogen (secondary N) is 1. The molecule has 1 fully saturated rings. The van der Waals surface area contributed by atoms with Gasteiger partial charge in [-0.1, -0.05) is 25.1 Å². The first-order valence-corrected chi connectivity index (χ1v) is 6.87. The highest BCUT2D eigenvalue weighted by atomic mass is 16.5. The summed E-state index contributed by atoms with van der Waals surface area (Å²) < 4.78 is 10.8. The van der Waals surface area contributed by atoms with E-state index in [1.165, 1.54) is 0 Å². The zero-order valence-electron chi connectivity index (χ0n) is 11.4. The Bertz CT molecular complexity index is 414. The van der Waals surface area contributed by atoms with Crippen molar-refractivity contribution >= 4 is 5.91 Å². The monoisotopic (exact) mass is 263 g/mol. The van der Waals surface area contributed by atoms with Crippen molar-refractivity contribution in [3.8, 4) is 5.75 Å². The van der Waals surface area contributed by atoms with Crippen LogP contribution in [0.3, 0.4) is 0 Å². The Kier molecular flexibility index (Phi) is 5.21. The molecule has 4 heteroatoms. The highest BCUT2D eigenvalue weighted by Gasteiger charge is 2.16. The first kappa shape index (κ1) is 13.9. The molecule has 4 nitrogen and oxygen atoms in total. The molecule has 0 saturated carbocycles. The van der Waals surface area contributed by atoms with Gasteiger partial charge in [0.2, 0.25) is 0 Å². The van der Waals surface area contributed by atoms with Crippen molar-refractivity contribution < 1.29 is 14.3 Å². The largest absolute Gasteiger partial charge is 0.483 e. The van der Waals surface area contributed by atoms with Gasteiger partial charge in [-0.25, -0.2) is 0 Å². The van der Waals surface area contributed by atoms with Gasteiger partial charge in [-0.2, -0.15) is 0 Å². The van der Waals surface area contributed by atoms with Gasteiger partial charge in [0.05, 0.1) is 0 Å². The van der Waals surface area contributed by atoms with E-state index in [0.717, 1.165) is 43.8 Å². The average Bonchev–Trinajstić information content (AvgIpc) is 2.46. The highest BCUT2D eigenvalue weighted by molar-refractivity contribution is 5.77. The minimum Gasteiger partial charge on any atom is -0.483 e. The predicted octanol–water partition coefficient (Wildman–Crippen LogP) is 1.92. The Balaban J connectivity index is 1.79. The van der Waals surface area contributed by atoms with Crippen LogP contribution in [0.25, 0.3) is 0 Å². The molecule has 1 aromatic carbocycles. The van der Waals surface area contributed by atoms with Crippen molar-refractivity contribution in [2.45, 2.75) is 32.2 Å². The third kappa shape index (κ3) is 4.24. The van der Waals surface area contributed by atoms with E-state index in [1.807, 2.05) is 24.3 Å². The number of carbonyl (C=O) groups excluding carboxylic acids is 1. The number of hydrogen-bond acceptors (Lipinski definition) is 3. The van der Waals surface area contributed by atoms with Crippen LogP contribution in [0.1, 0.15) is 25.3 Å². The summed E-state index contributed by atoms with van der Waals surface area (Å²) in [6.45, 7) is 3.60. The zero-order valence-corrected chi connectivity index (χ0v) is 11.4. The lowest BCUT2D eigenvalue weighted by atomic mass is 10.1. The zero-order chi connectivity index (χ0) is 13.5. The van der Waals surface area contributed by atoms with Crippen molar-refractivity contribution in [3.05, 3.63) is 29.8 Å². The minimum atomic E-state index is -0.0576. The Morgan fingerprint density at radius 3 is 2.84 bits per heavy atom. The van der Waals surface area contributed by atoms with Gasteiger partial charge in [-0.15, -0.1) is 0 Å². The fourth-order valence-electron chi connectivity index (χ4n) is 2.19. The molecule has 2 rings (SSSR count). The average molecular weight is 263 g/mol. The van der Waals surface area contributed by atoms with Gasteiger partial charge >= 0.3 is 0 Å². The molecule has 0 unspecified atom stereocenters. The van der Waals surface area contributed by atoms with Crippen LogP contribution in [0.15, 0.2) is 24.3 Å². The molecule has 1 saturated heterocycles. The molecule has 0 atom stereocenters. The number of ether oxygens (including phenoxy) is 2. The summed E-state index contributed by atoms with van der Waals surface area (Å²) >= 11 is 0. The molecule has 104 valence electrons. The summed E-state index contributed by atoms with van der Waals surface area (Å²) in [6.07, 6.45) is 2.67. The molecular formula is C15H21NO3. The fraction of sp³-hybridized carbons (Fsp3) is 0.533. The third-order valence-electron chi connectivity index (χ3n) is 3.30. The maximum absolute atomic E-state index is 11.8. The third-order valence-corrected chi connectivity index (χ3v) is 3.30. The number of amides is 1. The van der Waals surface area contributed by atoms with E-state index in [0.29, 0.717) is 0 Å². The molecule has 0 aliphatic carbocycles. The molecule has 1 aromatic rings. The van der Waals surface area contributed by atoms with Crippen LogP contribution >= 0.6 is 0 Å². The molecule has 1 amide bonds. The minimum absolute atomic E-state index is 0.0576. The maximum atomic E-state index is 11.8. The maximum Gasteiger partial charge on any atom is 0.258 e. The lowest BCUT2D eigenvalue weighted by molar-refractivity contribution is -0.124. The predicted molar refractivity (Wildman–Crippen MR) is 73.3 cm³/mol. The van der Waals surface area contributed by atoms with Crippen LogP contribution in [0.4, 0.5) is 0 Å². The van der Waals surface area contributed by atoms with Gasteiger partial charge in [0, 0.05) is 19.3 Å². The second-order valence-corrected chi connectivity index (χ2v) is 4.70. The van der Waals surface area contributed by atoms with Crippen LogP contribution in [-0.2, 0) is 16.0 Å². The second kappa shape index (κ2) is 7.14. The lowest BCUT2D eigenvalue weighted by Crippen LogP contribution is -2.41. The smallest absolute Gasteiger partial charge is 0.258 e. The van der Waals surface area contributed by atoms with E-state index in [2.05, 4.69) is 12.2 Å². The summed E-state index contributed by atoms with van der Waals surface area (Å²) in [5, 5.41) is 2.98. The van der Waals surface area contributed by atoms with Crippen molar-refractivity contribution in [3.63, 3.8) is 0 Å². The molecule has 1 aliphatic rings. The summed E-state index contributed by atoms with van der Waals surface area (Å²) in [6, 6.07) is 8.05. The van der Waals surface area contributed by atoms with Gasteiger partial charge in [0.1, 0.15) is 5.75 Å². The van der Waals surface area contributed by atoms with Crippen molar-refractivity contribution in [2.75, 3.05) is 19.8 Å². The van der Waals surface area contributed by atoms with Gasteiger partial charge in [-0.3, -0.25) is 4.79 Å². The fourth-order valence-corrected chi connectivity index (χ4v) is 2.19. The van der Waals surface area contributed by atoms with Gasteiger partial charge in [0.15, 0.2) is 6.61 Å². The second-order valence-electron chi connectivity index (χ2n) is 4.70. The lowest BCUT2D eigenvalue weighted by Gasteiger charge is -2.23. The number of hydrogen-bond donors (Lipinski definition) is 1. The van der Waals surface area contributed by atoms with E-state index in [-0.39, 0.29) is 18.6 Å². The number of aryl methyl sites for hydroxylation is 1. The van der Waals surface area contributed by atoms with Crippen molar-refractivity contribution in [1.29, 1.82) is 0 Å². The van der Waals surface area contributed by atoms with Gasteiger partial charge in [0.25, 0.3) is 5.91 Å². The van der Waals surface area contributed by atoms with E-state index in [1.54, 1.807) is 0 Å². The number of para-hydroxylation sites is 1. The molecular weight excluding hydrogens is 242 g/mol. The summed E-state index contributed by atoms with van der Waals surface area (Å²) in [5.74, 6) is 0.741. The standard InChI is InChI=1S/C15H21NO3/c1-2-12-5-3-4-6-14(12)19-11-15(17)16-13-7-9-18-10-8-13/h3-6,13H,2,7-11H2,1H3,(H,16,17). The molecule has 1 N–H and O–H groups in total. The normalized spacial score (nSPS) is 16.1. The Labute approximate surface area is 114 Å². The van der Waals surface area contributed by atoms with E-state index in [9.17, 15) is 4.79 Å². The van der Waals surface area contributed by atoms with Crippen LogP contribution < -0.4 is 10.1 Å². The summed E-state index contributed by atoms with van der Waals surface area (Å²) in [5.41, 5.74) is 1.13. The van der Waals surface area contributed by atoms with Crippen LogP contribution in [0.2, 0.25) is 0 Å². The molecule has 0 aromatic heterocycles. The van der Waals surface area contributed by atoms with Crippen molar-refractivity contribution in [2.24, 2.45) is 0 Å². The first-order chi connectivity index (χ1) is 9.29. The SMILES string of the molecule is CCc1ccccc1OCC(=O)NC1CCOCC1. The van der Waals surface area contributed by atoms with Gasteiger partial charge < -0.3 is 14.8 Å². The number of rotatable bonds is 5. The van der Waals surface area contributed by atoms with Crippen LogP contribution in [-0.4, -0.2) is 31.8 Å². The highest BCUT2D eigenvalue weighted by Crippen LogP contribution is 2.18. The summed E-state index contributed by atoms with van der Waals surface area (Å²) in [7, 11) is 0. The summed E-state index contributed by atoms with van der Waals surface area (Å²) in [4.78, 5) is 11.8. The first-order valence-electron chi connectivity index (χ1n) is 6.87. The Morgan fingerprint density at radius 2 is 2.11 bits per heavy atom. The molecule has 0 radical (unpaired) electrons. The van der Waals surface area contributed by atoms with Crippen LogP contribution in [0, 0.1) is 0 Å². The molecule has 1 heterocycles. The van der Waals surface area contributed by atoms with E-state index >= 15 is 0 Å². The van der Waals surface area contributed by atoms with Gasteiger partial charge in [-0.05, 0) is 30.9 Å². The number of benzene rings is 1. The number of carbonyl (C=O) groups is 1. The topological polar surface area (TPSA) is 47.6 Å². The van der Waals surface area contributed by atoms with Crippen molar-refractivity contribution in [1.82, 2.24) is 5.32 Å². The molecule has 1 aliphatic heterocycles. The quantitative estimate of drug-likeness (QED) is 0.883. The Hall–Kier alpha value is -1.55. The molecule has 0 spiro atoms. The van der Waals surface area contributed by atoms with E-state index < -0.39 is 0 Å². The van der Waals surface area contributed by atoms with E-state index in [4.69, 9.17) is 9.47 Å². The Morgan fingerprint density at radius 1 is 1.37 bits per heavy atom. The molecule has 0 bridgehead atoms. The van der Waals surface area contributed by atoms with Crippen LogP contribution in [0.5, 0.6) is 5.75 Å².